The lowest BCUT2D eigenvalue weighted by atomic mass is 10.2. The molecule has 1 aromatic heterocycles. The Labute approximate surface area is 177 Å². The van der Waals surface area contributed by atoms with Gasteiger partial charge in [-0.3, -0.25) is 4.99 Å². The number of benzene rings is 1. The molecule has 1 N–H and O–H groups in total. The predicted octanol–water partition coefficient (Wildman–Crippen LogP) is 4.17. The molecule has 0 unspecified atom stereocenters. The molecular formula is C17H22F3IN4OS. The second-order valence-electron chi connectivity index (χ2n) is 5.56. The molecule has 0 aliphatic carbocycles. The van der Waals surface area contributed by atoms with E-state index in [1.54, 1.807) is 18.4 Å². The first-order valence-corrected chi connectivity index (χ1v) is 8.80. The molecule has 150 valence electrons. The molecule has 0 amide bonds. The van der Waals surface area contributed by atoms with Crippen LogP contribution in [0.4, 0.5) is 13.2 Å². The smallest absolute Gasteiger partial charge is 0.416 e. The van der Waals surface area contributed by atoms with Crippen molar-refractivity contribution >= 4 is 41.3 Å². The maximum absolute atomic E-state index is 12.5. The van der Waals surface area contributed by atoms with Crippen molar-refractivity contribution in [3.8, 4) is 5.75 Å². The molecule has 5 nitrogen and oxygen atoms in total. The van der Waals surface area contributed by atoms with Gasteiger partial charge in [-0.15, -0.1) is 35.3 Å². The Kier molecular flexibility index (Phi) is 9.30. The van der Waals surface area contributed by atoms with E-state index in [4.69, 9.17) is 4.74 Å². The molecule has 2 aromatic rings. The van der Waals surface area contributed by atoms with Gasteiger partial charge in [0.05, 0.1) is 29.4 Å². The zero-order chi connectivity index (χ0) is 19.2. The normalized spacial score (nSPS) is 11.7. The second kappa shape index (κ2) is 10.7. The van der Waals surface area contributed by atoms with Gasteiger partial charge in [-0.2, -0.15) is 13.2 Å². The van der Waals surface area contributed by atoms with Crippen LogP contribution in [0.25, 0.3) is 0 Å². The largest absolute Gasteiger partial charge is 0.492 e. The van der Waals surface area contributed by atoms with Crippen LogP contribution in [0.5, 0.6) is 5.75 Å². The highest BCUT2D eigenvalue weighted by molar-refractivity contribution is 14.0. The Morgan fingerprint density at radius 3 is 2.48 bits per heavy atom. The first-order valence-electron chi connectivity index (χ1n) is 7.92. The van der Waals surface area contributed by atoms with E-state index in [9.17, 15) is 13.2 Å². The number of hydrogen-bond donors (Lipinski definition) is 1. The highest BCUT2D eigenvalue weighted by Crippen LogP contribution is 2.30. The number of halogens is 4. The van der Waals surface area contributed by atoms with Crippen LogP contribution in [0.2, 0.25) is 0 Å². The summed E-state index contributed by atoms with van der Waals surface area (Å²) in [7, 11) is 3.59. The molecule has 27 heavy (non-hydrogen) atoms. The zero-order valence-corrected chi connectivity index (χ0v) is 18.4. The monoisotopic (exact) mass is 514 g/mol. The molecule has 1 aromatic carbocycles. The molecule has 0 saturated carbocycles. The minimum absolute atomic E-state index is 0. The highest BCUT2D eigenvalue weighted by atomic mass is 127. The van der Waals surface area contributed by atoms with E-state index in [1.807, 2.05) is 24.3 Å². The highest BCUT2D eigenvalue weighted by Gasteiger charge is 2.29. The Balaban J connectivity index is 0.00000364. The molecule has 0 spiro atoms. The minimum atomic E-state index is -4.34. The minimum Gasteiger partial charge on any atom is -0.492 e. The van der Waals surface area contributed by atoms with E-state index in [2.05, 4.69) is 15.3 Å². The third-order valence-corrected chi connectivity index (χ3v) is 4.30. The van der Waals surface area contributed by atoms with Crippen LogP contribution in [-0.2, 0) is 12.7 Å². The van der Waals surface area contributed by atoms with E-state index in [0.29, 0.717) is 31.4 Å². The number of nitrogens with one attached hydrogen (secondary N) is 1. The van der Waals surface area contributed by atoms with Gasteiger partial charge in [0.2, 0.25) is 0 Å². The van der Waals surface area contributed by atoms with Crippen LogP contribution < -0.4 is 10.1 Å². The van der Waals surface area contributed by atoms with Crippen molar-refractivity contribution in [3.63, 3.8) is 0 Å². The lowest BCUT2D eigenvalue weighted by Crippen LogP contribution is -2.40. The van der Waals surface area contributed by atoms with Crippen molar-refractivity contribution < 1.29 is 17.9 Å². The van der Waals surface area contributed by atoms with Crippen molar-refractivity contribution in [2.24, 2.45) is 4.99 Å². The number of hydrogen-bond acceptors (Lipinski definition) is 4. The van der Waals surface area contributed by atoms with Gasteiger partial charge in [-0.1, -0.05) is 0 Å². The zero-order valence-electron chi connectivity index (χ0n) is 15.2. The fourth-order valence-electron chi connectivity index (χ4n) is 2.26. The van der Waals surface area contributed by atoms with Gasteiger partial charge in [0, 0.05) is 19.5 Å². The summed E-state index contributed by atoms with van der Waals surface area (Å²) in [6, 6.07) is 4.64. The van der Waals surface area contributed by atoms with Gasteiger partial charge >= 0.3 is 6.18 Å². The van der Waals surface area contributed by atoms with Gasteiger partial charge in [0.1, 0.15) is 12.4 Å². The molecule has 0 saturated heterocycles. The number of guanidine groups is 1. The van der Waals surface area contributed by atoms with Crippen molar-refractivity contribution in [1.29, 1.82) is 0 Å². The van der Waals surface area contributed by atoms with Gasteiger partial charge in [0.15, 0.2) is 5.96 Å². The van der Waals surface area contributed by atoms with Crippen LogP contribution in [0.3, 0.4) is 0 Å². The molecule has 0 fully saturated rings. The Bertz CT molecular complexity index is 735. The van der Waals surface area contributed by atoms with Crippen LogP contribution in [0.1, 0.15) is 16.3 Å². The SMILES string of the molecule is CN=C(NCCOc1ccc(C(F)(F)F)cc1)N(C)Cc1csc(C)n1.I. The topological polar surface area (TPSA) is 49.8 Å². The summed E-state index contributed by atoms with van der Waals surface area (Å²) in [5.41, 5.74) is 0.279. The van der Waals surface area contributed by atoms with Crippen LogP contribution in [0.15, 0.2) is 34.6 Å². The van der Waals surface area contributed by atoms with Gasteiger partial charge < -0.3 is 15.0 Å². The third-order valence-electron chi connectivity index (χ3n) is 3.47. The number of aryl methyl sites for hydroxylation is 1. The lowest BCUT2D eigenvalue weighted by Gasteiger charge is -2.21. The Hall–Kier alpha value is -1.56. The van der Waals surface area contributed by atoms with Gasteiger partial charge in [-0.05, 0) is 31.2 Å². The van der Waals surface area contributed by atoms with E-state index in [1.165, 1.54) is 12.1 Å². The average Bonchev–Trinajstić information content (AvgIpc) is 2.99. The summed E-state index contributed by atoms with van der Waals surface area (Å²) in [4.78, 5) is 10.6. The van der Waals surface area contributed by atoms with E-state index in [0.717, 1.165) is 22.8 Å². The van der Waals surface area contributed by atoms with Crippen molar-refractivity contribution in [2.45, 2.75) is 19.6 Å². The Morgan fingerprint density at radius 2 is 1.96 bits per heavy atom. The number of aliphatic imine (C=N–C) groups is 1. The van der Waals surface area contributed by atoms with E-state index < -0.39 is 11.7 Å². The molecule has 0 atom stereocenters. The molecule has 10 heteroatoms. The van der Waals surface area contributed by atoms with E-state index >= 15 is 0 Å². The first-order chi connectivity index (χ1) is 12.3. The number of nitrogens with zero attached hydrogens (tertiary/aromatic N) is 3. The first kappa shape index (κ1) is 23.5. The number of rotatable bonds is 6. The summed E-state index contributed by atoms with van der Waals surface area (Å²) in [6.45, 7) is 3.35. The van der Waals surface area contributed by atoms with Crippen molar-refractivity contribution in [3.05, 3.63) is 45.9 Å². The lowest BCUT2D eigenvalue weighted by molar-refractivity contribution is -0.137. The van der Waals surface area contributed by atoms with Gasteiger partial charge in [-0.25, -0.2) is 4.98 Å². The molecular weight excluding hydrogens is 492 g/mol. The summed E-state index contributed by atoms with van der Waals surface area (Å²) in [5.74, 6) is 1.08. The Morgan fingerprint density at radius 1 is 1.30 bits per heavy atom. The fraction of sp³-hybridized carbons (Fsp3) is 0.412. The van der Waals surface area contributed by atoms with Crippen molar-refractivity contribution in [1.82, 2.24) is 15.2 Å². The second-order valence-corrected chi connectivity index (χ2v) is 6.62. The standard InChI is InChI=1S/C17H21F3N4OS.HI/c1-12-23-14(11-26-12)10-24(3)16(21-2)22-8-9-25-15-6-4-13(5-7-15)17(18,19)20;/h4-7,11H,8-10H2,1-3H3,(H,21,22);1H. The predicted molar refractivity (Wildman–Crippen MR) is 112 cm³/mol. The number of thiazole rings is 1. The quantitative estimate of drug-likeness (QED) is 0.272. The van der Waals surface area contributed by atoms with Gasteiger partial charge in [0.25, 0.3) is 0 Å². The number of ether oxygens (including phenoxy) is 1. The number of aromatic nitrogens is 1. The summed E-state index contributed by atoms with van der Waals surface area (Å²) >= 11 is 1.60. The summed E-state index contributed by atoms with van der Waals surface area (Å²) < 4.78 is 43.0. The summed E-state index contributed by atoms with van der Waals surface area (Å²) in [6.07, 6.45) is -4.34. The fourth-order valence-corrected chi connectivity index (χ4v) is 2.86. The van der Waals surface area contributed by atoms with Crippen LogP contribution in [-0.4, -0.2) is 43.1 Å². The van der Waals surface area contributed by atoms with E-state index in [-0.39, 0.29) is 24.0 Å². The molecule has 2 rings (SSSR count). The molecule has 0 bridgehead atoms. The maximum atomic E-state index is 12.5. The average molecular weight is 514 g/mol. The van der Waals surface area contributed by atoms with Crippen LogP contribution in [0, 0.1) is 6.92 Å². The molecule has 1 heterocycles. The molecule has 0 aliphatic rings. The number of alkyl halides is 3. The maximum Gasteiger partial charge on any atom is 0.416 e. The van der Waals surface area contributed by atoms with Crippen molar-refractivity contribution in [2.75, 3.05) is 27.2 Å². The molecule has 0 aliphatic heterocycles. The molecule has 0 radical (unpaired) electrons. The van der Waals surface area contributed by atoms with Crippen LogP contribution >= 0.6 is 35.3 Å². The third kappa shape index (κ3) is 7.53. The summed E-state index contributed by atoms with van der Waals surface area (Å²) in [5, 5.41) is 6.17.